The Morgan fingerprint density at radius 3 is 2.70 bits per heavy atom. The van der Waals surface area contributed by atoms with Crippen molar-refractivity contribution in [1.82, 2.24) is 5.32 Å². The smallest absolute Gasteiger partial charge is 0.389 e. The van der Waals surface area contributed by atoms with Crippen molar-refractivity contribution in [3.05, 3.63) is 0 Å². The lowest BCUT2D eigenvalue weighted by molar-refractivity contribution is -0.140. The molecule has 0 radical (unpaired) electrons. The lowest BCUT2D eigenvalue weighted by atomic mass is 9.68. The van der Waals surface area contributed by atoms with E-state index in [9.17, 15) is 18.0 Å². The van der Waals surface area contributed by atoms with Gasteiger partial charge in [-0.1, -0.05) is 19.8 Å². The van der Waals surface area contributed by atoms with Gasteiger partial charge in [-0.15, -0.1) is 0 Å². The molecule has 0 aromatic carbocycles. The highest BCUT2D eigenvalue weighted by Gasteiger charge is 2.36. The molecule has 2 atom stereocenters. The van der Waals surface area contributed by atoms with Gasteiger partial charge in [0.2, 0.25) is 0 Å². The van der Waals surface area contributed by atoms with Crippen LogP contribution in [0.2, 0.25) is 0 Å². The van der Waals surface area contributed by atoms with E-state index in [0.29, 0.717) is 12.5 Å². The van der Waals surface area contributed by atoms with Crippen LogP contribution in [-0.4, -0.2) is 30.3 Å². The second-order valence-electron chi connectivity index (χ2n) is 6.17. The SMILES string of the molecule is C[C@@H]1CCC[C@@](CNCCCC(F)(F)F)(CC(=O)O)C1. The Hall–Kier alpha value is -0.780. The highest BCUT2D eigenvalue weighted by atomic mass is 19.4. The molecule has 6 heteroatoms. The number of carbonyl (C=O) groups is 1. The van der Waals surface area contributed by atoms with Crippen molar-refractivity contribution in [3.63, 3.8) is 0 Å². The van der Waals surface area contributed by atoms with Crippen LogP contribution in [0.1, 0.15) is 51.9 Å². The maximum atomic E-state index is 12.0. The van der Waals surface area contributed by atoms with E-state index in [1.54, 1.807) is 0 Å². The van der Waals surface area contributed by atoms with E-state index >= 15 is 0 Å². The zero-order valence-corrected chi connectivity index (χ0v) is 11.9. The van der Waals surface area contributed by atoms with Gasteiger partial charge in [0.05, 0.1) is 6.42 Å². The summed E-state index contributed by atoms with van der Waals surface area (Å²) in [7, 11) is 0. The quantitative estimate of drug-likeness (QED) is 0.706. The third kappa shape index (κ3) is 6.59. The lowest BCUT2D eigenvalue weighted by Crippen LogP contribution is -2.40. The van der Waals surface area contributed by atoms with Crippen molar-refractivity contribution < 1.29 is 23.1 Å². The molecule has 20 heavy (non-hydrogen) atoms. The van der Waals surface area contributed by atoms with E-state index in [2.05, 4.69) is 12.2 Å². The average molecular weight is 295 g/mol. The van der Waals surface area contributed by atoms with E-state index < -0.39 is 18.6 Å². The molecule has 0 saturated heterocycles. The summed E-state index contributed by atoms with van der Waals surface area (Å²) in [5.41, 5.74) is -0.290. The topological polar surface area (TPSA) is 49.3 Å². The molecule has 3 nitrogen and oxygen atoms in total. The van der Waals surface area contributed by atoms with E-state index in [1.165, 1.54) is 0 Å². The minimum absolute atomic E-state index is 0.0439. The number of alkyl halides is 3. The maximum Gasteiger partial charge on any atom is 0.389 e. The summed E-state index contributed by atoms with van der Waals surface area (Å²) < 4.78 is 36.1. The fourth-order valence-corrected chi connectivity index (χ4v) is 3.24. The molecule has 1 rings (SSSR count). The molecule has 2 N–H and O–H groups in total. The molecular formula is C14H24F3NO2. The number of aliphatic carboxylic acids is 1. The molecule has 0 heterocycles. The predicted molar refractivity (Wildman–Crippen MR) is 70.5 cm³/mol. The average Bonchev–Trinajstić information content (AvgIpc) is 2.25. The van der Waals surface area contributed by atoms with Crippen molar-refractivity contribution in [3.8, 4) is 0 Å². The number of hydrogen-bond acceptors (Lipinski definition) is 2. The van der Waals surface area contributed by atoms with Crippen LogP contribution >= 0.6 is 0 Å². The van der Waals surface area contributed by atoms with Gasteiger partial charge in [0.1, 0.15) is 0 Å². The molecule has 1 aliphatic carbocycles. The van der Waals surface area contributed by atoms with Crippen LogP contribution in [0.3, 0.4) is 0 Å². The van der Waals surface area contributed by atoms with Crippen LogP contribution in [0, 0.1) is 11.3 Å². The van der Waals surface area contributed by atoms with Crippen molar-refractivity contribution in [2.24, 2.45) is 11.3 Å². The Morgan fingerprint density at radius 1 is 1.45 bits per heavy atom. The van der Waals surface area contributed by atoms with Crippen molar-refractivity contribution >= 4 is 5.97 Å². The largest absolute Gasteiger partial charge is 0.481 e. The maximum absolute atomic E-state index is 12.0. The Balaban J connectivity index is 2.39. The summed E-state index contributed by atoms with van der Waals surface area (Å²) in [6.45, 7) is 2.90. The van der Waals surface area contributed by atoms with Crippen LogP contribution < -0.4 is 5.32 Å². The molecule has 0 bridgehead atoms. The van der Waals surface area contributed by atoms with Gasteiger partial charge in [0.15, 0.2) is 0 Å². The number of rotatable bonds is 7. The predicted octanol–water partition coefficient (Wildman–Crippen LogP) is 3.59. The van der Waals surface area contributed by atoms with Gasteiger partial charge >= 0.3 is 12.1 Å². The second-order valence-corrected chi connectivity index (χ2v) is 6.17. The van der Waals surface area contributed by atoms with Gasteiger partial charge in [-0.3, -0.25) is 4.79 Å². The monoisotopic (exact) mass is 295 g/mol. The second kappa shape index (κ2) is 7.29. The Morgan fingerprint density at radius 2 is 2.15 bits per heavy atom. The first-order valence-corrected chi connectivity index (χ1v) is 7.22. The summed E-state index contributed by atoms with van der Waals surface area (Å²) in [5.74, 6) is -0.337. The molecule has 118 valence electrons. The summed E-state index contributed by atoms with van der Waals surface area (Å²) in [6, 6.07) is 0. The molecule has 0 unspecified atom stereocenters. The third-order valence-corrected chi connectivity index (χ3v) is 4.03. The Labute approximate surface area is 117 Å². The van der Waals surface area contributed by atoms with Crippen LogP contribution in [-0.2, 0) is 4.79 Å². The minimum atomic E-state index is -4.11. The van der Waals surface area contributed by atoms with Crippen LogP contribution in [0.15, 0.2) is 0 Å². The van der Waals surface area contributed by atoms with Crippen LogP contribution in [0.25, 0.3) is 0 Å². The van der Waals surface area contributed by atoms with E-state index in [1.807, 2.05) is 0 Å². The third-order valence-electron chi connectivity index (χ3n) is 4.03. The van der Waals surface area contributed by atoms with Gasteiger partial charge in [-0.2, -0.15) is 13.2 Å². The van der Waals surface area contributed by atoms with E-state index in [0.717, 1.165) is 25.7 Å². The fourth-order valence-electron chi connectivity index (χ4n) is 3.24. The fraction of sp³-hybridized carbons (Fsp3) is 0.929. The molecule has 1 saturated carbocycles. The van der Waals surface area contributed by atoms with Crippen LogP contribution in [0.5, 0.6) is 0 Å². The molecule has 0 aromatic heterocycles. The number of nitrogens with one attached hydrogen (secondary N) is 1. The van der Waals surface area contributed by atoms with Crippen molar-refractivity contribution in [2.45, 2.75) is 58.0 Å². The summed E-state index contributed by atoms with van der Waals surface area (Å²) in [6.07, 6.45) is -0.969. The first kappa shape index (κ1) is 17.3. The van der Waals surface area contributed by atoms with Gasteiger partial charge in [-0.05, 0) is 37.1 Å². The molecule has 0 aromatic rings. The Kier molecular flexibility index (Phi) is 6.30. The molecule has 0 amide bonds. The highest BCUT2D eigenvalue weighted by Crippen LogP contribution is 2.41. The van der Waals surface area contributed by atoms with Gasteiger partial charge in [0, 0.05) is 13.0 Å². The highest BCUT2D eigenvalue weighted by molar-refractivity contribution is 5.67. The normalized spacial score (nSPS) is 27.5. The summed E-state index contributed by atoms with van der Waals surface area (Å²) in [4.78, 5) is 11.0. The van der Waals surface area contributed by atoms with Crippen molar-refractivity contribution in [1.29, 1.82) is 0 Å². The van der Waals surface area contributed by atoms with Gasteiger partial charge in [-0.25, -0.2) is 0 Å². The molecule has 0 spiro atoms. The van der Waals surface area contributed by atoms with Gasteiger partial charge in [0.25, 0.3) is 0 Å². The summed E-state index contributed by atoms with van der Waals surface area (Å²) >= 11 is 0. The van der Waals surface area contributed by atoms with Gasteiger partial charge < -0.3 is 10.4 Å². The molecule has 0 aliphatic heterocycles. The number of hydrogen-bond donors (Lipinski definition) is 2. The van der Waals surface area contributed by atoms with Crippen molar-refractivity contribution in [2.75, 3.05) is 13.1 Å². The van der Waals surface area contributed by atoms with E-state index in [-0.39, 0.29) is 24.8 Å². The zero-order chi connectivity index (χ0) is 15.2. The van der Waals surface area contributed by atoms with Crippen LogP contribution in [0.4, 0.5) is 13.2 Å². The molecule has 1 aliphatic rings. The number of halogens is 3. The number of carboxylic acids is 1. The first-order valence-electron chi connectivity index (χ1n) is 7.22. The minimum Gasteiger partial charge on any atom is -0.481 e. The lowest BCUT2D eigenvalue weighted by Gasteiger charge is -2.39. The van der Waals surface area contributed by atoms with E-state index in [4.69, 9.17) is 5.11 Å². The first-order chi connectivity index (χ1) is 9.22. The number of carboxylic acid groups (broad SMARTS) is 1. The molecule has 1 fully saturated rings. The Bertz CT molecular complexity index is 320. The standard InChI is InChI=1S/C14H24F3NO2/c1-11-4-2-5-13(8-11,9-12(19)20)10-18-7-3-6-14(15,16)17/h11,18H,2-10H2,1H3,(H,19,20)/t11-,13+/m1/s1. The zero-order valence-electron chi connectivity index (χ0n) is 11.9. The molecular weight excluding hydrogens is 271 g/mol. The summed E-state index contributed by atoms with van der Waals surface area (Å²) in [5, 5.41) is 12.1.